The van der Waals surface area contributed by atoms with Gasteiger partial charge in [0.15, 0.2) is 0 Å². The van der Waals surface area contributed by atoms with Crippen molar-refractivity contribution < 1.29 is 14.6 Å². The van der Waals surface area contributed by atoms with Crippen molar-refractivity contribution in [1.82, 2.24) is 0 Å². The van der Waals surface area contributed by atoms with Gasteiger partial charge in [-0.1, -0.05) is 26.0 Å². The summed E-state index contributed by atoms with van der Waals surface area (Å²) in [5, 5.41) is 9.96. The Labute approximate surface area is 123 Å². The molecule has 2 atom stereocenters. The van der Waals surface area contributed by atoms with Gasteiger partial charge in [-0.05, 0) is 57.9 Å². The van der Waals surface area contributed by atoms with Crippen LogP contribution in [0.4, 0.5) is 0 Å². The van der Waals surface area contributed by atoms with Crippen LogP contribution in [0.1, 0.15) is 60.3 Å². The minimum absolute atomic E-state index is 0.290. The minimum atomic E-state index is -0.544. The Morgan fingerprint density at radius 2 is 2.05 bits per heavy atom. The maximum Gasteiger partial charge on any atom is 0.330 e. The van der Waals surface area contributed by atoms with Gasteiger partial charge in [0.05, 0.1) is 12.2 Å². The molecule has 3 heteroatoms. The van der Waals surface area contributed by atoms with Gasteiger partial charge in [0.1, 0.15) is 0 Å². The van der Waals surface area contributed by atoms with Crippen LogP contribution in [-0.4, -0.2) is 23.3 Å². The SMILES string of the molecule is CCOC(=O)C=C(C)C=CCC(C)CCC(C)(O)CC. The zero-order chi connectivity index (χ0) is 15.6. The number of rotatable bonds is 9. The first-order valence-corrected chi connectivity index (χ1v) is 7.54. The molecular weight excluding hydrogens is 252 g/mol. The van der Waals surface area contributed by atoms with Crippen LogP contribution in [0, 0.1) is 5.92 Å². The lowest BCUT2D eigenvalue weighted by atomic mass is 9.91. The molecule has 3 nitrogen and oxygen atoms in total. The number of allylic oxidation sites excluding steroid dienone is 3. The molecule has 0 bridgehead atoms. The molecule has 0 aliphatic rings. The lowest BCUT2D eigenvalue weighted by Gasteiger charge is -2.22. The van der Waals surface area contributed by atoms with Crippen LogP contribution in [0.5, 0.6) is 0 Å². The summed E-state index contributed by atoms with van der Waals surface area (Å²) in [6.07, 6.45) is 9.11. The van der Waals surface area contributed by atoms with Crippen molar-refractivity contribution in [1.29, 1.82) is 0 Å². The average molecular weight is 282 g/mol. The van der Waals surface area contributed by atoms with Crippen molar-refractivity contribution in [3.05, 3.63) is 23.8 Å². The van der Waals surface area contributed by atoms with Gasteiger partial charge in [0, 0.05) is 6.08 Å². The van der Waals surface area contributed by atoms with E-state index in [1.54, 1.807) is 6.92 Å². The first-order valence-electron chi connectivity index (χ1n) is 7.54. The second kappa shape index (κ2) is 9.76. The average Bonchev–Trinajstić information content (AvgIpc) is 2.36. The van der Waals surface area contributed by atoms with Crippen molar-refractivity contribution >= 4 is 5.97 Å². The Kier molecular flexibility index (Phi) is 9.23. The standard InChI is InChI=1S/C17H30O3/c1-6-17(5,19)12-11-14(3)9-8-10-15(4)13-16(18)20-7-2/h8,10,13-14,19H,6-7,9,11-12H2,1-5H3. The summed E-state index contributed by atoms with van der Waals surface area (Å²) in [7, 11) is 0. The molecule has 0 rings (SSSR count). The zero-order valence-corrected chi connectivity index (χ0v) is 13.6. The van der Waals surface area contributed by atoms with E-state index in [1.807, 2.05) is 26.8 Å². The summed E-state index contributed by atoms with van der Waals surface area (Å²) < 4.78 is 4.85. The number of hydrogen-bond donors (Lipinski definition) is 1. The Hall–Kier alpha value is -1.09. The van der Waals surface area contributed by atoms with Crippen molar-refractivity contribution in [2.75, 3.05) is 6.61 Å². The molecule has 0 radical (unpaired) electrons. The molecule has 0 heterocycles. The summed E-state index contributed by atoms with van der Waals surface area (Å²) in [6.45, 7) is 10.2. The predicted octanol–water partition coefficient (Wildman–Crippen LogP) is 4.02. The third-order valence-electron chi connectivity index (χ3n) is 3.49. The van der Waals surface area contributed by atoms with E-state index >= 15 is 0 Å². The lowest BCUT2D eigenvalue weighted by molar-refractivity contribution is -0.137. The molecule has 0 aromatic rings. The predicted molar refractivity (Wildman–Crippen MR) is 83.5 cm³/mol. The largest absolute Gasteiger partial charge is 0.463 e. The highest BCUT2D eigenvalue weighted by Crippen LogP contribution is 2.21. The van der Waals surface area contributed by atoms with Crippen LogP contribution < -0.4 is 0 Å². The fourth-order valence-electron chi connectivity index (χ4n) is 1.76. The summed E-state index contributed by atoms with van der Waals surface area (Å²) in [5.74, 6) is 0.237. The van der Waals surface area contributed by atoms with Gasteiger partial charge < -0.3 is 9.84 Å². The Morgan fingerprint density at radius 3 is 2.60 bits per heavy atom. The lowest BCUT2D eigenvalue weighted by Crippen LogP contribution is -2.23. The Morgan fingerprint density at radius 1 is 1.40 bits per heavy atom. The molecule has 20 heavy (non-hydrogen) atoms. The molecule has 0 spiro atoms. The van der Waals surface area contributed by atoms with Crippen LogP contribution in [0.3, 0.4) is 0 Å². The van der Waals surface area contributed by atoms with Crippen molar-refractivity contribution in [3.63, 3.8) is 0 Å². The summed E-state index contributed by atoms with van der Waals surface area (Å²) >= 11 is 0. The van der Waals surface area contributed by atoms with Crippen molar-refractivity contribution in [2.45, 2.75) is 65.9 Å². The summed E-state index contributed by atoms with van der Waals surface area (Å²) in [6, 6.07) is 0. The monoisotopic (exact) mass is 282 g/mol. The summed E-state index contributed by atoms with van der Waals surface area (Å²) in [5.41, 5.74) is 0.355. The van der Waals surface area contributed by atoms with Crippen LogP contribution in [0.2, 0.25) is 0 Å². The van der Waals surface area contributed by atoms with Gasteiger partial charge in [0.25, 0.3) is 0 Å². The topological polar surface area (TPSA) is 46.5 Å². The van der Waals surface area contributed by atoms with E-state index in [9.17, 15) is 9.90 Å². The van der Waals surface area contributed by atoms with Crippen molar-refractivity contribution in [3.8, 4) is 0 Å². The van der Waals surface area contributed by atoms with Crippen LogP contribution in [0.25, 0.3) is 0 Å². The van der Waals surface area contributed by atoms with E-state index < -0.39 is 5.60 Å². The van der Waals surface area contributed by atoms with Gasteiger partial charge in [-0.2, -0.15) is 0 Å². The Balaban J connectivity index is 4.08. The summed E-state index contributed by atoms with van der Waals surface area (Å²) in [4.78, 5) is 11.2. The normalized spacial score (nSPS) is 17.0. The number of esters is 1. The first-order chi connectivity index (χ1) is 9.30. The highest BCUT2D eigenvalue weighted by atomic mass is 16.5. The van der Waals surface area contributed by atoms with Crippen LogP contribution >= 0.6 is 0 Å². The third-order valence-corrected chi connectivity index (χ3v) is 3.49. The maximum absolute atomic E-state index is 11.2. The van der Waals surface area contributed by atoms with Crippen LogP contribution in [0.15, 0.2) is 23.8 Å². The molecule has 0 aliphatic carbocycles. The fraction of sp³-hybridized carbons (Fsp3) is 0.706. The van der Waals surface area contributed by atoms with Gasteiger partial charge in [-0.3, -0.25) is 0 Å². The minimum Gasteiger partial charge on any atom is -0.463 e. The first kappa shape index (κ1) is 18.9. The van der Waals surface area contributed by atoms with Gasteiger partial charge in [0.2, 0.25) is 0 Å². The molecule has 0 aromatic heterocycles. The van der Waals surface area contributed by atoms with Gasteiger partial charge in [-0.15, -0.1) is 0 Å². The molecule has 116 valence electrons. The number of carbonyl (C=O) groups is 1. The molecule has 0 fully saturated rings. The highest BCUT2D eigenvalue weighted by Gasteiger charge is 2.17. The fourth-order valence-corrected chi connectivity index (χ4v) is 1.76. The Bertz CT molecular complexity index is 340. The second-order valence-electron chi connectivity index (χ2n) is 5.77. The van der Waals surface area contributed by atoms with Crippen molar-refractivity contribution in [2.24, 2.45) is 5.92 Å². The molecule has 0 amide bonds. The molecular formula is C17H30O3. The zero-order valence-electron chi connectivity index (χ0n) is 13.6. The van der Waals surface area contributed by atoms with E-state index in [1.165, 1.54) is 6.08 Å². The number of ether oxygens (including phenoxy) is 1. The molecule has 0 saturated heterocycles. The number of aliphatic hydroxyl groups is 1. The van der Waals surface area contributed by atoms with E-state index in [-0.39, 0.29) is 5.97 Å². The van der Waals surface area contributed by atoms with E-state index in [0.29, 0.717) is 12.5 Å². The van der Waals surface area contributed by atoms with E-state index in [2.05, 4.69) is 13.0 Å². The smallest absolute Gasteiger partial charge is 0.330 e. The van der Waals surface area contributed by atoms with Gasteiger partial charge in [-0.25, -0.2) is 4.79 Å². The number of carbonyl (C=O) groups excluding carboxylic acids is 1. The quantitative estimate of drug-likeness (QED) is 0.395. The van der Waals surface area contributed by atoms with Crippen LogP contribution in [-0.2, 0) is 9.53 Å². The molecule has 0 aromatic carbocycles. The molecule has 0 aliphatic heterocycles. The van der Waals surface area contributed by atoms with E-state index in [0.717, 1.165) is 31.3 Å². The maximum atomic E-state index is 11.2. The highest BCUT2D eigenvalue weighted by molar-refractivity contribution is 5.83. The van der Waals surface area contributed by atoms with Gasteiger partial charge >= 0.3 is 5.97 Å². The molecule has 0 saturated carbocycles. The second-order valence-corrected chi connectivity index (χ2v) is 5.77. The third kappa shape index (κ3) is 9.79. The van der Waals surface area contributed by atoms with E-state index in [4.69, 9.17) is 4.74 Å². The number of hydrogen-bond acceptors (Lipinski definition) is 3. The molecule has 1 N–H and O–H groups in total. The molecule has 2 unspecified atom stereocenters.